The summed E-state index contributed by atoms with van der Waals surface area (Å²) >= 11 is 3.33. The lowest BCUT2D eigenvalue weighted by Gasteiger charge is -2.12. The number of hydrogen-bond acceptors (Lipinski definition) is 2. The van der Waals surface area contributed by atoms with Crippen LogP contribution >= 0.6 is 15.9 Å². The number of carbonyl (C=O) groups excluding carboxylic acids is 1. The Labute approximate surface area is 143 Å². The average molecular weight is 370 g/mol. The first kappa shape index (κ1) is 15.6. The van der Waals surface area contributed by atoms with Gasteiger partial charge in [0.25, 0.3) is 5.91 Å². The molecule has 23 heavy (non-hydrogen) atoms. The van der Waals surface area contributed by atoms with E-state index in [2.05, 4.69) is 28.2 Å². The van der Waals surface area contributed by atoms with Crippen LogP contribution in [0.3, 0.4) is 0 Å². The van der Waals surface area contributed by atoms with Gasteiger partial charge < -0.3 is 10.4 Å². The number of fused-ring (bicyclic) bond motifs is 1. The van der Waals surface area contributed by atoms with Gasteiger partial charge in [-0.2, -0.15) is 0 Å². The molecule has 0 atom stereocenters. The number of amides is 1. The Morgan fingerprint density at radius 1 is 1.09 bits per heavy atom. The SMILES string of the molecule is CCc1ccc(C(=O)Nc2cc(Br)c(O)c3ccccc23)cc1. The number of anilines is 1. The van der Waals surface area contributed by atoms with Crippen LogP contribution in [0.4, 0.5) is 5.69 Å². The second-order valence-electron chi connectivity index (χ2n) is 5.30. The number of carbonyl (C=O) groups is 1. The number of phenolic OH excluding ortho intramolecular Hbond substituents is 1. The molecule has 0 heterocycles. The Morgan fingerprint density at radius 3 is 2.39 bits per heavy atom. The van der Waals surface area contributed by atoms with Crippen LogP contribution in [-0.4, -0.2) is 11.0 Å². The monoisotopic (exact) mass is 369 g/mol. The molecule has 1 amide bonds. The molecule has 3 aromatic rings. The maximum Gasteiger partial charge on any atom is 0.255 e. The number of nitrogens with one attached hydrogen (secondary N) is 1. The fourth-order valence-corrected chi connectivity index (χ4v) is 2.96. The van der Waals surface area contributed by atoms with Gasteiger partial charge in [0.2, 0.25) is 0 Å². The molecule has 0 spiro atoms. The van der Waals surface area contributed by atoms with Gasteiger partial charge in [-0.05, 0) is 46.1 Å². The minimum atomic E-state index is -0.171. The summed E-state index contributed by atoms with van der Waals surface area (Å²) in [6.45, 7) is 2.08. The van der Waals surface area contributed by atoms with Crippen molar-refractivity contribution in [2.24, 2.45) is 0 Å². The van der Waals surface area contributed by atoms with Crippen LogP contribution in [0.2, 0.25) is 0 Å². The molecule has 0 saturated heterocycles. The van der Waals surface area contributed by atoms with E-state index in [1.54, 1.807) is 6.07 Å². The lowest BCUT2D eigenvalue weighted by atomic mass is 10.1. The van der Waals surface area contributed by atoms with Gasteiger partial charge in [-0.3, -0.25) is 4.79 Å². The third-order valence-corrected chi connectivity index (χ3v) is 4.45. The molecule has 3 nitrogen and oxygen atoms in total. The molecule has 4 heteroatoms. The Bertz CT molecular complexity index is 872. The molecule has 0 fully saturated rings. The number of halogens is 1. The van der Waals surface area contributed by atoms with Gasteiger partial charge in [0.1, 0.15) is 5.75 Å². The molecule has 0 unspecified atom stereocenters. The largest absolute Gasteiger partial charge is 0.506 e. The number of benzene rings is 3. The Hall–Kier alpha value is -2.33. The van der Waals surface area contributed by atoms with Crippen LogP contribution in [0.15, 0.2) is 59.1 Å². The molecule has 0 aliphatic rings. The molecule has 3 rings (SSSR count). The highest BCUT2D eigenvalue weighted by molar-refractivity contribution is 9.10. The quantitative estimate of drug-likeness (QED) is 0.629. The van der Waals surface area contributed by atoms with Crippen molar-refractivity contribution in [1.82, 2.24) is 0 Å². The second kappa shape index (κ2) is 6.42. The van der Waals surface area contributed by atoms with Crippen molar-refractivity contribution in [2.45, 2.75) is 13.3 Å². The molecule has 0 bridgehead atoms. The van der Waals surface area contributed by atoms with Crippen molar-refractivity contribution < 1.29 is 9.90 Å². The summed E-state index contributed by atoms with van der Waals surface area (Å²) in [7, 11) is 0. The van der Waals surface area contributed by atoms with Gasteiger partial charge >= 0.3 is 0 Å². The van der Waals surface area contributed by atoms with Crippen molar-refractivity contribution >= 4 is 38.3 Å². The number of aromatic hydroxyl groups is 1. The van der Waals surface area contributed by atoms with Crippen LogP contribution < -0.4 is 5.32 Å². The fraction of sp³-hybridized carbons (Fsp3) is 0.105. The third-order valence-electron chi connectivity index (χ3n) is 3.84. The van der Waals surface area contributed by atoms with Crippen LogP contribution in [0.1, 0.15) is 22.8 Å². The lowest BCUT2D eigenvalue weighted by molar-refractivity contribution is 0.102. The molecule has 0 aromatic heterocycles. The standard InChI is InChI=1S/C19H16BrNO2/c1-2-12-7-9-13(10-8-12)19(23)21-17-11-16(20)18(22)15-6-4-3-5-14(15)17/h3-11,22H,2H2,1H3,(H,21,23). The molecular formula is C19H16BrNO2. The summed E-state index contributed by atoms with van der Waals surface area (Å²) < 4.78 is 0.549. The summed E-state index contributed by atoms with van der Waals surface area (Å²) in [5.41, 5.74) is 2.46. The van der Waals surface area contributed by atoms with Gasteiger partial charge in [0.15, 0.2) is 0 Å². The van der Waals surface area contributed by atoms with E-state index in [-0.39, 0.29) is 11.7 Å². The normalized spacial score (nSPS) is 10.7. The Balaban J connectivity index is 1.97. The van der Waals surface area contributed by atoms with E-state index in [1.807, 2.05) is 48.5 Å². The highest BCUT2D eigenvalue weighted by Gasteiger charge is 2.12. The molecule has 0 aliphatic carbocycles. The first-order chi connectivity index (χ1) is 11.1. The minimum absolute atomic E-state index is 0.171. The zero-order valence-corrected chi connectivity index (χ0v) is 14.2. The zero-order valence-electron chi connectivity index (χ0n) is 12.6. The van der Waals surface area contributed by atoms with Crippen LogP contribution in [0, 0.1) is 0 Å². The first-order valence-electron chi connectivity index (χ1n) is 7.40. The fourth-order valence-electron chi connectivity index (χ4n) is 2.52. The van der Waals surface area contributed by atoms with E-state index >= 15 is 0 Å². The maximum absolute atomic E-state index is 12.5. The highest BCUT2D eigenvalue weighted by Crippen LogP contribution is 2.37. The topological polar surface area (TPSA) is 49.3 Å². The van der Waals surface area contributed by atoms with E-state index in [4.69, 9.17) is 0 Å². The number of phenols is 1. The summed E-state index contributed by atoms with van der Waals surface area (Å²) in [6, 6.07) is 16.7. The second-order valence-corrected chi connectivity index (χ2v) is 6.16. The van der Waals surface area contributed by atoms with Gasteiger partial charge in [-0.1, -0.05) is 43.3 Å². The predicted molar refractivity (Wildman–Crippen MR) is 97.1 cm³/mol. The van der Waals surface area contributed by atoms with Gasteiger partial charge in [0.05, 0.1) is 10.2 Å². The van der Waals surface area contributed by atoms with E-state index in [9.17, 15) is 9.90 Å². The molecular weight excluding hydrogens is 354 g/mol. The summed E-state index contributed by atoms with van der Waals surface area (Å²) in [5.74, 6) is 0.00120. The van der Waals surface area contributed by atoms with Crippen molar-refractivity contribution in [3.63, 3.8) is 0 Å². The van der Waals surface area contributed by atoms with Crippen molar-refractivity contribution in [3.05, 3.63) is 70.2 Å². The highest BCUT2D eigenvalue weighted by atomic mass is 79.9. The van der Waals surface area contributed by atoms with Crippen LogP contribution in [-0.2, 0) is 6.42 Å². The summed E-state index contributed by atoms with van der Waals surface area (Å²) in [5, 5.41) is 14.5. The molecule has 0 aliphatic heterocycles. The lowest BCUT2D eigenvalue weighted by Crippen LogP contribution is -2.12. The average Bonchev–Trinajstić information content (AvgIpc) is 2.59. The van der Waals surface area contributed by atoms with E-state index in [0.717, 1.165) is 11.8 Å². The van der Waals surface area contributed by atoms with Crippen LogP contribution in [0.25, 0.3) is 10.8 Å². The first-order valence-corrected chi connectivity index (χ1v) is 8.20. The molecule has 3 aromatic carbocycles. The summed E-state index contributed by atoms with van der Waals surface area (Å²) in [4.78, 5) is 12.5. The predicted octanol–water partition coefficient (Wildman–Crippen LogP) is 5.12. The van der Waals surface area contributed by atoms with Gasteiger partial charge in [-0.25, -0.2) is 0 Å². The number of rotatable bonds is 3. The maximum atomic E-state index is 12.5. The van der Waals surface area contributed by atoms with Gasteiger partial charge in [-0.15, -0.1) is 0 Å². The van der Waals surface area contributed by atoms with Crippen molar-refractivity contribution in [1.29, 1.82) is 0 Å². The number of aryl methyl sites for hydroxylation is 1. The molecule has 0 saturated carbocycles. The van der Waals surface area contributed by atoms with Crippen molar-refractivity contribution in [3.8, 4) is 5.75 Å². The van der Waals surface area contributed by atoms with Crippen LogP contribution in [0.5, 0.6) is 5.75 Å². The van der Waals surface area contributed by atoms with Crippen molar-refractivity contribution in [2.75, 3.05) is 5.32 Å². The van der Waals surface area contributed by atoms with E-state index < -0.39 is 0 Å². The molecule has 116 valence electrons. The Morgan fingerprint density at radius 2 is 1.74 bits per heavy atom. The van der Waals surface area contributed by atoms with E-state index in [0.29, 0.717) is 21.1 Å². The number of hydrogen-bond donors (Lipinski definition) is 2. The molecule has 2 N–H and O–H groups in total. The zero-order chi connectivity index (χ0) is 16.4. The minimum Gasteiger partial charge on any atom is -0.506 e. The smallest absolute Gasteiger partial charge is 0.255 e. The third kappa shape index (κ3) is 3.08. The summed E-state index contributed by atoms with van der Waals surface area (Å²) in [6.07, 6.45) is 0.942. The molecule has 0 radical (unpaired) electrons. The Kier molecular flexibility index (Phi) is 4.35. The van der Waals surface area contributed by atoms with Gasteiger partial charge in [0, 0.05) is 16.3 Å². The van der Waals surface area contributed by atoms with E-state index in [1.165, 1.54) is 5.56 Å².